The fourth-order valence-electron chi connectivity index (χ4n) is 3.01. The minimum absolute atomic E-state index is 0.0388. The van der Waals surface area contributed by atoms with Crippen LogP contribution in [0.25, 0.3) is 0 Å². The Morgan fingerprint density at radius 1 is 1.36 bits per heavy atom. The van der Waals surface area contributed by atoms with Gasteiger partial charge in [0.05, 0.1) is 11.1 Å². The number of phenols is 1. The Balaban J connectivity index is 1.76. The maximum Gasteiger partial charge on any atom is 0.312 e. The molecule has 2 atom stereocenters. The molecule has 3 rings (SSSR count). The molecule has 2 amide bonds. The highest BCUT2D eigenvalue weighted by Gasteiger charge is 2.40. The molecule has 2 aromatic carbocycles. The minimum Gasteiger partial charge on any atom is -0.502 e. The molecule has 0 unspecified atom stereocenters. The average molecular weight is 447 g/mol. The van der Waals surface area contributed by atoms with Crippen LogP contribution in [0.15, 0.2) is 52.0 Å². The van der Waals surface area contributed by atoms with E-state index in [9.17, 15) is 24.8 Å². The van der Waals surface area contributed by atoms with Crippen molar-refractivity contribution in [1.29, 1.82) is 0 Å². The summed E-state index contributed by atoms with van der Waals surface area (Å²) in [7, 11) is 0. The van der Waals surface area contributed by atoms with Gasteiger partial charge in [-0.2, -0.15) is 5.10 Å². The third-order valence-corrected chi connectivity index (χ3v) is 4.81. The number of carbonyl (C=O) groups excluding carboxylic acids is 2. The molecular weight excluding hydrogens is 432 g/mol. The second kappa shape index (κ2) is 8.17. The maximum absolute atomic E-state index is 12.5. The fourth-order valence-corrected chi connectivity index (χ4v) is 3.47. The first kappa shape index (κ1) is 19.5. The zero-order chi connectivity index (χ0) is 20.3. The van der Waals surface area contributed by atoms with Crippen LogP contribution in [0, 0.1) is 16.0 Å². The summed E-state index contributed by atoms with van der Waals surface area (Å²) in [4.78, 5) is 34.8. The van der Waals surface area contributed by atoms with E-state index >= 15 is 0 Å². The van der Waals surface area contributed by atoms with Crippen molar-refractivity contribution in [2.45, 2.75) is 5.92 Å². The van der Waals surface area contributed by atoms with E-state index in [0.29, 0.717) is 11.0 Å². The van der Waals surface area contributed by atoms with Crippen molar-refractivity contribution in [3.63, 3.8) is 0 Å². The molecule has 1 saturated heterocycles. The van der Waals surface area contributed by atoms with Crippen LogP contribution in [0.2, 0.25) is 0 Å². The summed E-state index contributed by atoms with van der Waals surface area (Å²) in [5.41, 5.74) is 2.66. The van der Waals surface area contributed by atoms with E-state index in [0.717, 1.165) is 17.8 Å². The number of phenolic OH excluding ortho intramolecular Hbond substituents is 1. The van der Waals surface area contributed by atoms with Crippen LogP contribution in [-0.2, 0) is 9.59 Å². The van der Waals surface area contributed by atoms with Gasteiger partial charge in [-0.25, -0.2) is 5.43 Å². The SMILES string of the molecule is O=C1NC[C@H](c2ccccc2)[C@H]1C(=O)N/N=C/c1cc(Br)cc([N+](=O)[O-])c1O. The highest BCUT2D eigenvalue weighted by molar-refractivity contribution is 9.10. The lowest BCUT2D eigenvalue weighted by molar-refractivity contribution is -0.385. The average Bonchev–Trinajstić information content (AvgIpc) is 3.06. The third kappa shape index (κ3) is 4.01. The summed E-state index contributed by atoms with van der Waals surface area (Å²) in [5.74, 6) is -2.87. The standard InChI is InChI=1S/C18H15BrN4O5/c19-12-6-11(16(24)14(7-12)23(27)28)8-21-22-18(26)15-13(9-20-17(15)25)10-4-2-1-3-5-10/h1-8,13,15,24H,9H2,(H,20,25)(H,22,26)/b21-8+/t13-,15-/m1/s1. The predicted molar refractivity (Wildman–Crippen MR) is 104 cm³/mol. The van der Waals surface area contributed by atoms with Gasteiger partial charge in [-0.15, -0.1) is 0 Å². The molecule has 144 valence electrons. The number of nitrogens with one attached hydrogen (secondary N) is 2. The number of amides is 2. The summed E-state index contributed by atoms with van der Waals surface area (Å²) in [5, 5.41) is 27.3. The van der Waals surface area contributed by atoms with E-state index in [-0.39, 0.29) is 11.5 Å². The van der Waals surface area contributed by atoms with Crippen molar-refractivity contribution in [3.05, 3.63) is 68.2 Å². The maximum atomic E-state index is 12.5. The first-order chi connectivity index (χ1) is 13.4. The van der Waals surface area contributed by atoms with Crippen LogP contribution in [0.4, 0.5) is 5.69 Å². The second-order valence-electron chi connectivity index (χ2n) is 6.09. The van der Waals surface area contributed by atoms with E-state index in [1.165, 1.54) is 6.07 Å². The number of hydrazone groups is 1. The smallest absolute Gasteiger partial charge is 0.312 e. The monoisotopic (exact) mass is 446 g/mol. The van der Waals surface area contributed by atoms with Crippen LogP contribution in [0.1, 0.15) is 17.0 Å². The molecule has 1 aliphatic heterocycles. The summed E-state index contributed by atoms with van der Waals surface area (Å²) >= 11 is 3.11. The lowest BCUT2D eigenvalue weighted by atomic mass is 9.88. The minimum atomic E-state index is -0.954. The van der Waals surface area contributed by atoms with Gasteiger partial charge in [0, 0.05) is 28.6 Å². The van der Waals surface area contributed by atoms with Crippen LogP contribution in [0.3, 0.4) is 0 Å². The quantitative estimate of drug-likeness (QED) is 0.279. The van der Waals surface area contributed by atoms with Gasteiger partial charge in [-0.1, -0.05) is 46.3 Å². The Hall–Kier alpha value is -3.27. The molecule has 1 fully saturated rings. The number of nitro groups is 1. The number of hydrogen-bond donors (Lipinski definition) is 3. The Morgan fingerprint density at radius 3 is 2.75 bits per heavy atom. The molecule has 10 heteroatoms. The van der Waals surface area contributed by atoms with Gasteiger partial charge in [0.25, 0.3) is 5.91 Å². The number of rotatable bonds is 5. The summed E-state index contributed by atoms with van der Waals surface area (Å²) in [6, 6.07) is 11.7. The number of benzene rings is 2. The van der Waals surface area contributed by atoms with Gasteiger partial charge in [-0.05, 0) is 11.6 Å². The van der Waals surface area contributed by atoms with Gasteiger partial charge in [0.15, 0.2) is 0 Å². The van der Waals surface area contributed by atoms with E-state index in [1.54, 1.807) is 0 Å². The Labute approximate surface area is 167 Å². The molecular formula is C18H15BrN4O5. The van der Waals surface area contributed by atoms with Crippen molar-refractivity contribution in [1.82, 2.24) is 10.7 Å². The molecule has 0 saturated carbocycles. The van der Waals surface area contributed by atoms with Crippen LogP contribution in [0.5, 0.6) is 5.75 Å². The number of hydrogen-bond acceptors (Lipinski definition) is 6. The Bertz CT molecular complexity index is 964. The van der Waals surface area contributed by atoms with Gasteiger partial charge in [0.2, 0.25) is 11.7 Å². The van der Waals surface area contributed by atoms with Crippen LogP contribution < -0.4 is 10.7 Å². The molecule has 0 spiro atoms. The number of carbonyl (C=O) groups is 2. The highest BCUT2D eigenvalue weighted by atomic mass is 79.9. The molecule has 0 aliphatic carbocycles. The van der Waals surface area contributed by atoms with Gasteiger partial charge >= 0.3 is 5.69 Å². The van der Waals surface area contributed by atoms with E-state index < -0.39 is 34.1 Å². The fraction of sp³-hybridized carbons (Fsp3) is 0.167. The zero-order valence-corrected chi connectivity index (χ0v) is 15.9. The number of nitrogens with zero attached hydrogens (tertiary/aromatic N) is 2. The second-order valence-corrected chi connectivity index (χ2v) is 7.01. The Morgan fingerprint density at radius 2 is 2.07 bits per heavy atom. The van der Waals surface area contributed by atoms with Crippen molar-refractivity contribution in [3.8, 4) is 5.75 Å². The first-order valence-electron chi connectivity index (χ1n) is 8.21. The number of nitro benzene ring substituents is 1. The van der Waals surface area contributed by atoms with Crippen molar-refractivity contribution in [2.24, 2.45) is 11.0 Å². The van der Waals surface area contributed by atoms with Gasteiger partial charge in [0.1, 0.15) is 5.92 Å². The lowest BCUT2D eigenvalue weighted by Crippen LogP contribution is -2.34. The summed E-state index contributed by atoms with van der Waals surface area (Å²) in [6.07, 6.45) is 1.08. The highest BCUT2D eigenvalue weighted by Crippen LogP contribution is 2.32. The number of aromatic hydroxyl groups is 1. The van der Waals surface area contributed by atoms with Crippen molar-refractivity contribution < 1.29 is 19.6 Å². The van der Waals surface area contributed by atoms with Crippen LogP contribution in [-0.4, -0.2) is 34.6 Å². The van der Waals surface area contributed by atoms with Gasteiger partial charge in [-0.3, -0.25) is 19.7 Å². The lowest BCUT2D eigenvalue weighted by Gasteiger charge is -2.15. The predicted octanol–water partition coefficient (Wildman–Crippen LogP) is 2.04. The Kier molecular flexibility index (Phi) is 5.69. The molecule has 0 radical (unpaired) electrons. The molecule has 2 aromatic rings. The summed E-state index contributed by atoms with van der Waals surface area (Å²) < 4.78 is 0.365. The van der Waals surface area contributed by atoms with Crippen molar-refractivity contribution in [2.75, 3.05) is 6.54 Å². The normalized spacial score (nSPS) is 18.8. The van der Waals surface area contributed by atoms with E-state index in [2.05, 4.69) is 31.8 Å². The molecule has 0 aromatic heterocycles. The van der Waals surface area contributed by atoms with Gasteiger partial charge < -0.3 is 10.4 Å². The third-order valence-electron chi connectivity index (χ3n) is 4.35. The molecule has 1 heterocycles. The largest absolute Gasteiger partial charge is 0.502 e. The topological polar surface area (TPSA) is 134 Å². The van der Waals surface area contributed by atoms with E-state index in [4.69, 9.17) is 0 Å². The number of halogens is 1. The summed E-state index contributed by atoms with van der Waals surface area (Å²) in [6.45, 7) is 0.337. The molecule has 0 bridgehead atoms. The van der Waals surface area contributed by atoms with Crippen molar-refractivity contribution >= 4 is 39.6 Å². The molecule has 28 heavy (non-hydrogen) atoms. The molecule has 9 nitrogen and oxygen atoms in total. The zero-order valence-electron chi connectivity index (χ0n) is 14.3. The first-order valence-corrected chi connectivity index (χ1v) is 9.00. The molecule has 3 N–H and O–H groups in total. The molecule has 1 aliphatic rings. The van der Waals surface area contributed by atoms with E-state index in [1.807, 2.05) is 30.3 Å². The van der Waals surface area contributed by atoms with Crippen LogP contribution >= 0.6 is 15.9 Å².